The van der Waals surface area contributed by atoms with Crippen molar-refractivity contribution in [3.8, 4) is 11.3 Å². The first-order valence-corrected chi connectivity index (χ1v) is 10.3. The Balaban J connectivity index is 1.42. The predicted octanol–water partition coefficient (Wildman–Crippen LogP) is 6.06. The first-order chi connectivity index (χ1) is 13.5. The molecule has 4 rings (SSSR count). The molecular weight excluding hydrogens is 411 g/mol. The summed E-state index contributed by atoms with van der Waals surface area (Å²) in [5.41, 5.74) is 3.42. The van der Waals surface area contributed by atoms with E-state index in [-0.39, 0.29) is 0 Å². The van der Waals surface area contributed by atoms with Crippen LogP contribution in [0.25, 0.3) is 11.3 Å². The lowest BCUT2D eigenvalue weighted by molar-refractivity contribution is 0.385. The average molecular weight is 431 g/mol. The van der Waals surface area contributed by atoms with Crippen molar-refractivity contribution in [1.29, 1.82) is 0 Å². The molecule has 1 saturated heterocycles. The molecule has 0 bridgehead atoms. The SMILES string of the molecule is Cc1ccc(N2CCN(C(=S)c3ccc(-c4ccc(Cl)c(Cl)c4)o3)CC2)cc1. The van der Waals surface area contributed by atoms with E-state index >= 15 is 0 Å². The molecule has 1 aliphatic heterocycles. The molecule has 1 fully saturated rings. The van der Waals surface area contributed by atoms with Gasteiger partial charge in [0.1, 0.15) is 10.7 Å². The summed E-state index contributed by atoms with van der Waals surface area (Å²) < 4.78 is 6.01. The molecular formula is C22H20Cl2N2OS. The fraction of sp³-hybridized carbons (Fsp3) is 0.227. The van der Waals surface area contributed by atoms with Gasteiger partial charge in [0.2, 0.25) is 0 Å². The normalized spacial score (nSPS) is 14.4. The number of thiocarbonyl (C=S) groups is 1. The molecule has 0 spiro atoms. The van der Waals surface area contributed by atoms with Crippen molar-refractivity contribution in [3.63, 3.8) is 0 Å². The Morgan fingerprint density at radius 1 is 0.893 bits per heavy atom. The van der Waals surface area contributed by atoms with Gasteiger partial charge in [-0.25, -0.2) is 0 Å². The van der Waals surface area contributed by atoms with Crippen LogP contribution in [0, 0.1) is 6.92 Å². The summed E-state index contributed by atoms with van der Waals surface area (Å²) >= 11 is 17.8. The van der Waals surface area contributed by atoms with Crippen LogP contribution in [0.15, 0.2) is 59.0 Å². The molecule has 28 heavy (non-hydrogen) atoms. The van der Waals surface area contributed by atoms with Crippen LogP contribution < -0.4 is 4.90 Å². The summed E-state index contributed by atoms with van der Waals surface area (Å²) in [7, 11) is 0. The van der Waals surface area contributed by atoms with Gasteiger partial charge in [-0.1, -0.05) is 53.1 Å². The van der Waals surface area contributed by atoms with E-state index in [1.54, 1.807) is 12.1 Å². The van der Waals surface area contributed by atoms with Crippen LogP contribution in [0.5, 0.6) is 0 Å². The third-order valence-corrected chi connectivity index (χ3v) is 6.19. The lowest BCUT2D eigenvalue weighted by atomic mass is 10.2. The fourth-order valence-electron chi connectivity index (χ4n) is 3.34. The van der Waals surface area contributed by atoms with Gasteiger partial charge in [0.05, 0.1) is 10.0 Å². The highest BCUT2D eigenvalue weighted by molar-refractivity contribution is 7.80. The highest BCUT2D eigenvalue weighted by atomic mass is 35.5. The second-order valence-corrected chi connectivity index (χ2v) is 8.11. The second-order valence-electron chi connectivity index (χ2n) is 6.91. The molecule has 0 radical (unpaired) electrons. The minimum atomic E-state index is 0.506. The monoisotopic (exact) mass is 430 g/mol. The molecule has 0 aliphatic carbocycles. The zero-order chi connectivity index (χ0) is 19.7. The molecule has 3 aromatic rings. The zero-order valence-electron chi connectivity index (χ0n) is 15.5. The van der Waals surface area contributed by atoms with Crippen molar-refractivity contribution in [2.45, 2.75) is 6.92 Å². The maximum atomic E-state index is 6.12. The summed E-state index contributed by atoms with van der Waals surface area (Å²) in [5.74, 6) is 1.44. The number of hydrogen-bond donors (Lipinski definition) is 0. The summed E-state index contributed by atoms with van der Waals surface area (Å²) in [6, 6.07) is 18.0. The van der Waals surface area contributed by atoms with Gasteiger partial charge < -0.3 is 14.2 Å². The van der Waals surface area contributed by atoms with E-state index < -0.39 is 0 Å². The Labute approximate surface area is 180 Å². The van der Waals surface area contributed by atoms with Crippen LogP contribution in [-0.4, -0.2) is 36.1 Å². The molecule has 0 atom stereocenters. The van der Waals surface area contributed by atoms with Crippen molar-refractivity contribution >= 4 is 46.1 Å². The Morgan fingerprint density at radius 3 is 2.29 bits per heavy atom. The Kier molecular flexibility index (Phi) is 5.63. The van der Waals surface area contributed by atoms with Crippen molar-refractivity contribution < 1.29 is 4.42 Å². The molecule has 6 heteroatoms. The van der Waals surface area contributed by atoms with Crippen LogP contribution in [0.1, 0.15) is 11.3 Å². The quantitative estimate of drug-likeness (QED) is 0.470. The Hall–Kier alpha value is -2.01. The summed E-state index contributed by atoms with van der Waals surface area (Å²) in [6.45, 7) is 5.72. The molecule has 3 nitrogen and oxygen atoms in total. The van der Waals surface area contributed by atoms with Crippen molar-refractivity contribution in [3.05, 3.63) is 76.0 Å². The largest absolute Gasteiger partial charge is 0.454 e. The molecule has 2 heterocycles. The van der Waals surface area contributed by atoms with E-state index in [1.807, 2.05) is 18.2 Å². The van der Waals surface area contributed by atoms with Gasteiger partial charge in [0.25, 0.3) is 0 Å². The van der Waals surface area contributed by atoms with Gasteiger partial charge in [-0.15, -0.1) is 0 Å². The van der Waals surface area contributed by atoms with Gasteiger partial charge in [-0.3, -0.25) is 0 Å². The van der Waals surface area contributed by atoms with Crippen LogP contribution >= 0.6 is 35.4 Å². The van der Waals surface area contributed by atoms with E-state index in [4.69, 9.17) is 39.8 Å². The van der Waals surface area contributed by atoms with E-state index in [0.29, 0.717) is 15.8 Å². The minimum Gasteiger partial charge on any atom is -0.454 e. The van der Waals surface area contributed by atoms with E-state index in [0.717, 1.165) is 42.5 Å². The minimum absolute atomic E-state index is 0.506. The average Bonchev–Trinajstić information content (AvgIpc) is 3.20. The van der Waals surface area contributed by atoms with E-state index in [1.165, 1.54) is 11.3 Å². The van der Waals surface area contributed by atoms with Crippen molar-refractivity contribution in [1.82, 2.24) is 4.90 Å². The second kappa shape index (κ2) is 8.16. The van der Waals surface area contributed by atoms with Crippen LogP contribution in [0.4, 0.5) is 5.69 Å². The van der Waals surface area contributed by atoms with Gasteiger partial charge >= 0.3 is 0 Å². The summed E-state index contributed by atoms with van der Waals surface area (Å²) in [5, 5.41) is 1.03. The summed E-state index contributed by atoms with van der Waals surface area (Å²) in [4.78, 5) is 5.34. The standard InChI is InChI=1S/C22H20Cl2N2OS/c1-15-2-5-17(6-3-15)25-10-12-26(13-11-25)22(28)21-9-8-20(27-21)16-4-7-18(23)19(24)14-16/h2-9,14H,10-13H2,1H3. The van der Waals surface area contributed by atoms with Gasteiger partial charge in [-0.2, -0.15) is 0 Å². The maximum absolute atomic E-state index is 6.12. The molecule has 0 N–H and O–H groups in total. The fourth-order valence-corrected chi connectivity index (χ4v) is 3.93. The molecule has 1 aromatic heterocycles. The molecule has 144 valence electrons. The number of halogens is 2. The van der Waals surface area contributed by atoms with E-state index in [9.17, 15) is 0 Å². The lowest BCUT2D eigenvalue weighted by Crippen LogP contribution is -2.48. The van der Waals surface area contributed by atoms with Gasteiger partial charge in [-0.05, 0) is 49.4 Å². The number of nitrogens with zero attached hydrogens (tertiary/aromatic N) is 2. The smallest absolute Gasteiger partial charge is 0.162 e. The first kappa shape index (κ1) is 19.3. The third-order valence-electron chi connectivity index (χ3n) is 4.99. The molecule has 2 aromatic carbocycles. The number of benzene rings is 2. The summed E-state index contributed by atoms with van der Waals surface area (Å²) in [6.07, 6.45) is 0. The van der Waals surface area contributed by atoms with Crippen molar-refractivity contribution in [2.24, 2.45) is 0 Å². The highest BCUT2D eigenvalue weighted by Crippen LogP contribution is 2.30. The van der Waals surface area contributed by atoms with Gasteiger partial charge in [0, 0.05) is 37.4 Å². The molecule has 1 aliphatic rings. The number of anilines is 1. The lowest BCUT2D eigenvalue weighted by Gasteiger charge is -2.37. The Morgan fingerprint density at radius 2 is 1.61 bits per heavy atom. The number of piperazine rings is 1. The zero-order valence-corrected chi connectivity index (χ0v) is 17.8. The molecule has 0 unspecified atom stereocenters. The Bertz CT molecular complexity index is 992. The third kappa shape index (κ3) is 4.04. The van der Waals surface area contributed by atoms with Gasteiger partial charge in [0.15, 0.2) is 5.76 Å². The first-order valence-electron chi connectivity index (χ1n) is 9.17. The van der Waals surface area contributed by atoms with Crippen LogP contribution in [0.2, 0.25) is 10.0 Å². The topological polar surface area (TPSA) is 19.6 Å². The van der Waals surface area contributed by atoms with E-state index in [2.05, 4.69) is 41.0 Å². The predicted molar refractivity (Wildman–Crippen MR) is 121 cm³/mol. The highest BCUT2D eigenvalue weighted by Gasteiger charge is 2.22. The number of hydrogen-bond acceptors (Lipinski definition) is 3. The number of aryl methyl sites for hydroxylation is 1. The molecule has 0 amide bonds. The number of furan rings is 1. The van der Waals surface area contributed by atoms with Crippen LogP contribution in [-0.2, 0) is 0 Å². The maximum Gasteiger partial charge on any atom is 0.162 e. The van der Waals surface area contributed by atoms with Crippen LogP contribution in [0.3, 0.4) is 0 Å². The number of rotatable bonds is 3. The van der Waals surface area contributed by atoms with Crippen molar-refractivity contribution in [2.75, 3.05) is 31.1 Å². The molecule has 0 saturated carbocycles.